The summed E-state index contributed by atoms with van der Waals surface area (Å²) in [5.41, 5.74) is -1.01. The zero-order valence-corrected chi connectivity index (χ0v) is 18.0. The molecule has 2 aromatic carbocycles. The third-order valence-electron chi connectivity index (χ3n) is 5.03. The summed E-state index contributed by atoms with van der Waals surface area (Å²) in [5, 5.41) is 0. The van der Waals surface area contributed by atoms with Crippen LogP contribution in [-0.4, -0.2) is 29.6 Å². The first kappa shape index (κ1) is 23.1. The summed E-state index contributed by atoms with van der Waals surface area (Å²) in [5.74, 6) is -2.14. The van der Waals surface area contributed by atoms with Gasteiger partial charge in [-0.3, -0.25) is 9.59 Å². The molecular formula is C24H28O6. The molecule has 0 N–H and O–H groups in total. The molecular weight excluding hydrogens is 384 g/mol. The molecule has 2 aromatic rings. The van der Waals surface area contributed by atoms with Gasteiger partial charge in [0, 0.05) is 0 Å². The number of hydrogen-bond donors (Lipinski definition) is 0. The van der Waals surface area contributed by atoms with E-state index in [4.69, 9.17) is 14.2 Å². The fourth-order valence-electron chi connectivity index (χ4n) is 2.72. The topological polar surface area (TPSA) is 78.9 Å². The molecule has 0 bridgehead atoms. The highest BCUT2D eigenvalue weighted by molar-refractivity contribution is 5.84. The molecule has 0 aliphatic heterocycles. The van der Waals surface area contributed by atoms with Gasteiger partial charge in [-0.25, -0.2) is 4.79 Å². The second kappa shape index (κ2) is 9.57. The van der Waals surface area contributed by atoms with Crippen LogP contribution in [0.15, 0.2) is 60.7 Å². The molecule has 0 saturated heterocycles. The summed E-state index contributed by atoms with van der Waals surface area (Å²) in [7, 11) is 0. The molecule has 2 rings (SSSR count). The molecule has 0 heterocycles. The van der Waals surface area contributed by atoms with Gasteiger partial charge in [-0.05, 0) is 45.7 Å². The van der Waals surface area contributed by atoms with Crippen LogP contribution in [0.2, 0.25) is 0 Å². The van der Waals surface area contributed by atoms with Gasteiger partial charge in [0.15, 0.2) is 6.10 Å². The molecule has 160 valence electrons. The molecule has 0 aliphatic carbocycles. The largest absolute Gasteiger partial charge is 0.461 e. The van der Waals surface area contributed by atoms with Crippen LogP contribution in [0.1, 0.15) is 51.8 Å². The van der Waals surface area contributed by atoms with Crippen molar-refractivity contribution in [2.45, 2.75) is 51.9 Å². The first-order chi connectivity index (χ1) is 14.1. The minimum Gasteiger partial charge on any atom is -0.461 e. The molecule has 6 heteroatoms. The second-order valence-corrected chi connectivity index (χ2v) is 8.08. The fourth-order valence-corrected chi connectivity index (χ4v) is 2.72. The maximum Gasteiger partial charge on any atom is 0.350 e. The van der Waals surface area contributed by atoms with E-state index < -0.39 is 35.2 Å². The first-order valence-electron chi connectivity index (χ1n) is 9.74. The van der Waals surface area contributed by atoms with Gasteiger partial charge in [-0.1, -0.05) is 60.7 Å². The summed E-state index contributed by atoms with van der Waals surface area (Å²) in [4.78, 5) is 36.2. The van der Waals surface area contributed by atoms with Crippen LogP contribution < -0.4 is 0 Å². The van der Waals surface area contributed by atoms with Gasteiger partial charge >= 0.3 is 11.9 Å². The van der Waals surface area contributed by atoms with Crippen molar-refractivity contribution in [1.29, 1.82) is 0 Å². The van der Waals surface area contributed by atoms with Crippen molar-refractivity contribution in [3.63, 3.8) is 0 Å². The summed E-state index contributed by atoms with van der Waals surface area (Å²) in [6.45, 7) is 8.00. The van der Waals surface area contributed by atoms with Crippen LogP contribution in [0.25, 0.3) is 0 Å². The van der Waals surface area contributed by atoms with E-state index in [0.717, 1.165) is 11.1 Å². The van der Waals surface area contributed by atoms with E-state index in [-0.39, 0.29) is 6.47 Å². The lowest BCUT2D eigenvalue weighted by Gasteiger charge is -2.32. The van der Waals surface area contributed by atoms with Gasteiger partial charge in [-0.2, -0.15) is 0 Å². The first-order valence-corrected chi connectivity index (χ1v) is 9.74. The minimum absolute atomic E-state index is 0.285. The Labute approximate surface area is 177 Å². The van der Waals surface area contributed by atoms with Crippen molar-refractivity contribution >= 4 is 18.4 Å². The third kappa shape index (κ3) is 5.69. The Bertz CT molecular complexity index is 818. The Morgan fingerprint density at radius 1 is 0.867 bits per heavy atom. The molecule has 0 spiro atoms. The number of ether oxygens (including phenoxy) is 3. The second-order valence-electron chi connectivity index (χ2n) is 8.08. The van der Waals surface area contributed by atoms with E-state index in [1.165, 1.54) is 13.8 Å². The van der Waals surface area contributed by atoms with Crippen LogP contribution in [0.4, 0.5) is 0 Å². The normalized spacial score (nSPS) is 12.7. The van der Waals surface area contributed by atoms with Crippen LogP contribution in [0.5, 0.6) is 0 Å². The van der Waals surface area contributed by atoms with Crippen LogP contribution in [0, 0.1) is 5.92 Å². The molecule has 1 unspecified atom stereocenters. The third-order valence-corrected chi connectivity index (χ3v) is 5.03. The van der Waals surface area contributed by atoms with Crippen molar-refractivity contribution in [2.24, 2.45) is 5.92 Å². The number of rotatable bonds is 9. The van der Waals surface area contributed by atoms with Crippen molar-refractivity contribution in [1.82, 2.24) is 0 Å². The average molecular weight is 412 g/mol. The summed E-state index contributed by atoms with van der Waals surface area (Å²) in [6, 6.07) is 18.7. The monoisotopic (exact) mass is 412 g/mol. The van der Waals surface area contributed by atoms with Crippen LogP contribution >= 0.6 is 0 Å². The van der Waals surface area contributed by atoms with Gasteiger partial charge < -0.3 is 14.2 Å². The van der Waals surface area contributed by atoms with E-state index in [1.54, 1.807) is 20.8 Å². The molecule has 0 radical (unpaired) electrons. The Morgan fingerprint density at radius 3 is 1.77 bits per heavy atom. The number of carbonyl (C=O) groups is 3. The lowest BCUT2D eigenvalue weighted by atomic mass is 9.92. The van der Waals surface area contributed by atoms with E-state index in [9.17, 15) is 14.4 Å². The van der Waals surface area contributed by atoms with Crippen molar-refractivity contribution in [2.75, 3.05) is 0 Å². The molecule has 0 fully saturated rings. The van der Waals surface area contributed by atoms with E-state index >= 15 is 0 Å². The van der Waals surface area contributed by atoms with Gasteiger partial charge in [0.05, 0.1) is 5.92 Å². The fraction of sp³-hybridized carbons (Fsp3) is 0.375. The Hall–Kier alpha value is -3.15. The molecule has 0 aromatic heterocycles. The van der Waals surface area contributed by atoms with Crippen molar-refractivity contribution in [3.8, 4) is 0 Å². The lowest BCUT2D eigenvalue weighted by Crippen LogP contribution is -2.45. The van der Waals surface area contributed by atoms with Crippen LogP contribution in [-0.2, 0) is 28.6 Å². The molecule has 30 heavy (non-hydrogen) atoms. The lowest BCUT2D eigenvalue weighted by molar-refractivity contribution is -0.188. The van der Waals surface area contributed by atoms with E-state index in [0.29, 0.717) is 0 Å². The Kier molecular flexibility index (Phi) is 7.38. The predicted octanol–water partition coefficient (Wildman–Crippen LogP) is 4.23. The SMILES string of the molecule is CC(C(=O)OC(C)(C)C(=O)OC(c1ccccc1)c1ccccc1)C(C)(C)OC=O. The molecule has 0 aliphatic rings. The van der Waals surface area contributed by atoms with Crippen molar-refractivity contribution < 1.29 is 28.6 Å². The molecule has 0 amide bonds. The van der Waals surface area contributed by atoms with Gasteiger partial charge in [0.2, 0.25) is 5.60 Å². The summed E-state index contributed by atoms with van der Waals surface area (Å²) < 4.78 is 16.2. The van der Waals surface area contributed by atoms with Gasteiger partial charge in [0.1, 0.15) is 5.60 Å². The van der Waals surface area contributed by atoms with Crippen molar-refractivity contribution in [3.05, 3.63) is 71.8 Å². The summed E-state index contributed by atoms with van der Waals surface area (Å²) in [6.07, 6.45) is -0.648. The molecule has 0 saturated carbocycles. The molecule has 6 nitrogen and oxygen atoms in total. The number of benzene rings is 2. The highest BCUT2D eigenvalue weighted by Gasteiger charge is 2.41. The van der Waals surface area contributed by atoms with Crippen LogP contribution in [0.3, 0.4) is 0 Å². The number of hydrogen-bond acceptors (Lipinski definition) is 6. The molecule has 1 atom stereocenters. The summed E-state index contributed by atoms with van der Waals surface area (Å²) >= 11 is 0. The van der Waals surface area contributed by atoms with E-state index in [2.05, 4.69) is 0 Å². The quantitative estimate of drug-likeness (QED) is 0.348. The minimum atomic E-state index is -1.54. The standard InChI is InChI=1S/C24H28O6/c1-17(23(2,3)28-16-25)21(26)30-24(4,5)22(27)29-20(18-12-8-6-9-13-18)19-14-10-7-11-15-19/h6-17,20H,1-5H3. The van der Waals surface area contributed by atoms with Gasteiger partial charge in [0.25, 0.3) is 6.47 Å². The zero-order chi connectivity index (χ0) is 22.4. The number of esters is 2. The average Bonchev–Trinajstić information content (AvgIpc) is 2.72. The zero-order valence-electron chi connectivity index (χ0n) is 18.0. The van der Waals surface area contributed by atoms with E-state index in [1.807, 2.05) is 60.7 Å². The highest BCUT2D eigenvalue weighted by Crippen LogP contribution is 2.29. The Morgan fingerprint density at radius 2 is 1.33 bits per heavy atom. The van der Waals surface area contributed by atoms with Gasteiger partial charge in [-0.15, -0.1) is 0 Å². The number of carbonyl (C=O) groups excluding carboxylic acids is 3. The maximum atomic E-state index is 13.0. The smallest absolute Gasteiger partial charge is 0.350 e. The Balaban J connectivity index is 2.20. The maximum absolute atomic E-state index is 13.0. The predicted molar refractivity (Wildman–Crippen MR) is 111 cm³/mol. The highest BCUT2D eigenvalue weighted by atomic mass is 16.6.